The molecule has 1 saturated heterocycles. The van der Waals surface area contributed by atoms with Crippen LogP contribution >= 0.6 is 0 Å². The van der Waals surface area contributed by atoms with Crippen LogP contribution in [0, 0.1) is 5.92 Å². The Kier molecular flexibility index (Phi) is 5.92. The van der Waals surface area contributed by atoms with Crippen LogP contribution in [0.25, 0.3) is 0 Å². The molecule has 0 aromatic rings. The standard InChI is InChI=1S/C14H29N5/c1-19-9-7-12(8-10-19)11-16-14(18-15)17-13-5-3-2-4-6-13/h12-13H,2-11,15H2,1H3,(H2,16,17,18). The number of aliphatic imine (C=N–C) groups is 1. The first-order chi connectivity index (χ1) is 9.28. The molecule has 2 aliphatic rings. The van der Waals surface area contributed by atoms with Gasteiger partial charge in [-0.05, 0) is 51.7 Å². The lowest BCUT2D eigenvalue weighted by Gasteiger charge is -2.28. The van der Waals surface area contributed by atoms with Gasteiger partial charge in [-0.15, -0.1) is 0 Å². The molecule has 4 N–H and O–H groups in total. The molecule has 1 heterocycles. The lowest BCUT2D eigenvalue weighted by atomic mass is 9.96. The van der Waals surface area contributed by atoms with Gasteiger partial charge in [-0.1, -0.05) is 19.3 Å². The number of guanidine groups is 1. The summed E-state index contributed by atoms with van der Waals surface area (Å²) < 4.78 is 0. The third-order valence-electron chi connectivity index (χ3n) is 4.43. The van der Waals surface area contributed by atoms with Crippen LogP contribution in [0.15, 0.2) is 4.99 Å². The fourth-order valence-electron chi connectivity index (χ4n) is 3.04. The summed E-state index contributed by atoms with van der Waals surface area (Å²) in [7, 11) is 2.19. The van der Waals surface area contributed by atoms with E-state index >= 15 is 0 Å². The van der Waals surface area contributed by atoms with Crippen molar-refractivity contribution in [3.05, 3.63) is 0 Å². The van der Waals surface area contributed by atoms with E-state index in [9.17, 15) is 0 Å². The molecule has 19 heavy (non-hydrogen) atoms. The van der Waals surface area contributed by atoms with E-state index in [1.54, 1.807) is 0 Å². The van der Waals surface area contributed by atoms with Gasteiger partial charge in [-0.2, -0.15) is 0 Å². The van der Waals surface area contributed by atoms with Crippen LogP contribution in [0.2, 0.25) is 0 Å². The number of nitrogens with two attached hydrogens (primary N) is 1. The number of likely N-dealkylation sites (tertiary alicyclic amines) is 1. The minimum atomic E-state index is 0.557. The van der Waals surface area contributed by atoms with Gasteiger partial charge in [0.2, 0.25) is 5.96 Å². The molecule has 110 valence electrons. The summed E-state index contributed by atoms with van der Waals surface area (Å²) in [6.45, 7) is 3.29. The van der Waals surface area contributed by atoms with Crippen molar-refractivity contribution in [3.8, 4) is 0 Å². The monoisotopic (exact) mass is 267 g/mol. The molecular formula is C14H29N5. The Hall–Kier alpha value is -0.810. The minimum absolute atomic E-state index is 0.557. The minimum Gasteiger partial charge on any atom is -0.353 e. The van der Waals surface area contributed by atoms with Crippen LogP contribution in [0.5, 0.6) is 0 Å². The Labute approximate surface area is 117 Å². The number of rotatable bonds is 3. The molecule has 1 aliphatic heterocycles. The molecule has 2 rings (SSSR count). The quantitative estimate of drug-likeness (QED) is 0.310. The zero-order valence-electron chi connectivity index (χ0n) is 12.2. The van der Waals surface area contributed by atoms with E-state index in [-0.39, 0.29) is 0 Å². The molecule has 0 aromatic carbocycles. The van der Waals surface area contributed by atoms with Crippen molar-refractivity contribution in [2.45, 2.75) is 51.0 Å². The molecule has 0 atom stereocenters. The van der Waals surface area contributed by atoms with E-state index in [1.165, 1.54) is 58.0 Å². The summed E-state index contributed by atoms with van der Waals surface area (Å²) >= 11 is 0. The van der Waals surface area contributed by atoms with Crippen LogP contribution in [0.4, 0.5) is 0 Å². The second-order valence-electron chi connectivity index (χ2n) is 6.06. The average molecular weight is 267 g/mol. The molecule has 2 fully saturated rings. The lowest BCUT2D eigenvalue weighted by molar-refractivity contribution is 0.223. The van der Waals surface area contributed by atoms with Gasteiger partial charge in [0, 0.05) is 12.6 Å². The van der Waals surface area contributed by atoms with E-state index in [4.69, 9.17) is 5.84 Å². The van der Waals surface area contributed by atoms with Crippen molar-refractivity contribution in [2.24, 2.45) is 16.8 Å². The molecule has 0 bridgehead atoms. The fourth-order valence-corrected chi connectivity index (χ4v) is 3.04. The highest BCUT2D eigenvalue weighted by Gasteiger charge is 2.17. The Balaban J connectivity index is 1.74. The molecule has 5 heteroatoms. The van der Waals surface area contributed by atoms with Gasteiger partial charge < -0.3 is 10.2 Å². The Morgan fingerprint density at radius 2 is 1.84 bits per heavy atom. The first kappa shape index (κ1) is 14.6. The number of hydrogen-bond donors (Lipinski definition) is 3. The van der Waals surface area contributed by atoms with Crippen molar-refractivity contribution >= 4 is 5.96 Å². The van der Waals surface area contributed by atoms with Crippen molar-refractivity contribution in [2.75, 3.05) is 26.7 Å². The van der Waals surface area contributed by atoms with E-state index < -0.39 is 0 Å². The van der Waals surface area contributed by atoms with Gasteiger partial charge >= 0.3 is 0 Å². The third-order valence-corrected chi connectivity index (χ3v) is 4.43. The first-order valence-corrected chi connectivity index (χ1v) is 7.74. The summed E-state index contributed by atoms with van der Waals surface area (Å²) in [5.74, 6) is 7.07. The highest BCUT2D eigenvalue weighted by Crippen LogP contribution is 2.18. The van der Waals surface area contributed by atoms with Crippen LogP contribution < -0.4 is 16.6 Å². The van der Waals surface area contributed by atoms with E-state index in [0.717, 1.165) is 12.5 Å². The van der Waals surface area contributed by atoms with Crippen LogP contribution in [0.1, 0.15) is 44.9 Å². The molecule has 0 unspecified atom stereocenters. The van der Waals surface area contributed by atoms with Gasteiger partial charge in [0.1, 0.15) is 0 Å². The van der Waals surface area contributed by atoms with Crippen LogP contribution in [-0.4, -0.2) is 43.6 Å². The van der Waals surface area contributed by atoms with Crippen LogP contribution in [-0.2, 0) is 0 Å². The maximum atomic E-state index is 5.58. The molecule has 0 amide bonds. The summed E-state index contributed by atoms with van der Waals surface area (Å²) in [4.78, 5) is 7.03. The largest absolute Gasteiger partial charge is 0.353 e. The topological polar surface area (TPSA) is 65.7 Å². The maximum Gasteiger partial charge on any atom is 0.205 e. The second kappa shape index (κ2) is 7.70. The predicted molar refractivity (Wildman–Crippen MR) is 79.9 cm³/mol. The Morgan fingerprint density at radius 1 is 1.16 bits per heavy atom. The molecule has 0 aromatic heterocycles. The smallest absolute Gasteiger partial charge is 0.205 e. The summed E-state index contributed by atoms with van der Waals surface area (Å²) in [6.07, 6.45) is 9.01. The van der Waals surface area contributed by atoms with Crippen molar-refractivity contribution in [1.82, 2.24) is 15.6 Å². The Morgan fingerprint density at radius 3 is 2.47 bits per heavy atom. The van der Waals surface area contributed by atoms with Crippen molar-refractivity contribution in [1.29, 1.82) is 0 Å². The summed E-state index contributed by atoms with van der Waals surface area (Å²) in [5.41, 5.74) is 2.73. The van der Waals surface area contributed by atoms with Gasteiger partial charge in [-0.25, -0.2) is 5.84 Å². The predicted octanol–water partition coefficient (Wildman–Crippen LogP) is 1.07. The van der Waals surface area contributed by atoms with Gasteiger partial charge in [0.05, 0.1) is 0 Å². The first-order valence-electron chi connectivity index (χ1n) is 7.74. The van der Waals surface area contributed by atoms with Crippen molar-refractivity contribution in [3.63, 3.8) is 0 Å². The van der Waals surface area contributed by atoms with E-state index in [0.29, 0.717) is 12.0 Å². The van der Waals surface area contributed by atoms with Gasteiger partial charge in [0.25, 0.3) is 0 Å². The lowest BCUT2D eigenvalue weighted by Crippen LogP contribution is -2.47. The van der Waals surface area contributed by atoms with E-state index in [2.05, 4.69) is 27.7 Å². The molecular weight excluding hydrogens is 238 g/mol. The normalized spacial score (nSPS) is 24.4. The van der Waals surface area contributed by atoms with Gasteiger partial charge in [0.15, 0.2) is 0 Å². The highest BCUT2D eigenvalue weighted by molar-refractivity contribution is 5.79. The number of nitrogens with one attached hydrogen (secondary N) is 2. The van der Waals surface area contributed by atoms with E-state index in [1.807, 2.05) is 0 Å². The SMILES string of the molecule is CN1CCC(CN=C(NN)NC2CCCCC2)CC1. The fraction of sp³-hybridized carbons (Fsp3) is 0.929. The molecule has 5 nitrogen and oxygen atoms in total. The number of hydrazine groups is 1. The molecule has 0 radical (unpaired) electrons. The number of hydrogen-bond acceptors (Lipinski definition) is 3. The molecule has 1 aliphatic carbocycles. The maximum absolute atomic E-state index is 5.58. The van der Waals surface area contributed by atoms with Crippen LogP contribution in [0.3, 0.4) is 0 Å². The molecule has 1 saturated carbocycles. The summed E-state index contributed by atoms with van der Waals surface area (Å²) in [5, 5.41) is 3.46. The third kappa shape index (κ3) is 4.99. The van der Waals surface area contributed by atoms with Crippen molar-refractivity contribution < 1.29 is 0 Å². The zero-order chi connectivity index (χ0) is 13.5. The highest BCUT2D eigenvalue weighted by atomic mass is 15.3. The number of piperidine rings is 1. The average Bonchev–Trinajstić information content (AvgIpc) is 2.46. The molecule has 0 spiro atoms. The van der Waals surface area contributed by atoms with Gasteiger partial charge in [-0.3, -0.25) is 10.4 Å². The summed E-state index contributed by atoms with van der Waals surface area (Å²) in [6, 6.07) is 0.557. The number of nitrogens with zero attached hydrogens (tertiary/aromatic N) is 2. The Bertz CT molecular complexity index is 278. The second-order valence-corrected chi connectivity index (χ2v) is 6.06. The zero-order valence-corrected chi connectivity index (χ0v) is 12.2.